The van der Waals surface area contributed by atoms with Gasteiger partial charge in [0.05, 0.1) is 22.3 Å². The number of furan rings is 4. The molecule has 8 nitrogen and oxygen atoms in total. The molecular formula is C125H90BBrN2O6-. The van der Waals surface area contributed by atoms with Gasteiger partial charge in [-0.15, -0.1) is 0 Å². The van der Waals surface area contributed by atoms with Gasteiger partial charge in [-0.05, 0) is 246 Å². The van der Waals surface area contributed by atoms with Crippen molar-refractivity contribution in [1.29, 1.82) is 0 Å². The number of nitrogens with zero attached hydrogens (tertiary/aromatic N) is 2. The third-order valence-corrected chi connectivity index (χ3v) is 26.3. The lowest BCUT2D eigenvalue weighted by atomic mass is 9.77. The third kappa shape index (κ3) is 16.4. The number of benzene rings is 18. The fraction of sp³-hybridized carbons (Fsp3) is 0.0480. The average molecular weight is 1810 g/mol. The molecule has 0 saturated carbocycles. The van der Waals surface area contributed by atoms with E-state index in [1.54, 1.807) is 21.3 Å². The molecule has 6 aromatic heterocycles. The van der Waals surface area contributed by atoms with Gasteiger partial charge in [-0.3, -0.25) is 0 Å². The smallest absolute Gasteiger partial charge is 0.330 e. The Hall–Kier alpha value is -16.1. The van der Waals surface area contributed by atoms with Crippen molar-refractivity contribution in [3.8, 4) is 145 Å². The SMILES string of the molecule is Brc1cccc(-c2c3oc4ccccc4c3nc3c2oc2ccccc23)c1.CC(C)(O)C(C)(C)O[B]c1cccc(-c2cc(-c3ccccc3)c(-c3ccccc3)c(-c3ccccc3)c2-c2ccccc2)c1.[CH3-].c1ccc(-c2cc(-c3cccc(-c4cccc(-c5c6oc7ccccc7c6nc6c5oc5ccccc56)c4)c3)c(-c3ccccc3)c(-c3ccccc3)c2-c2ccccc2)cc1. The molecule has 24 aromatic rings. The molecule has 0 saturated heterocycles. The number of rotatable bonds is 17. The van der Waals surface area contributed by atoms with E-state index in [9.17, 15) is 5.11 Å². The molecule has 0 bridgehead atoms. The van der Waals surface area contributed by atoms with Crippen molar-refractivity contribution in [2.45, 2.75) is 38.9 Å². The second-order valence-electron chi connectivity index (χ2n) is 34.8. The zero-order chi connectivity index (χ0) is 90.4. The Morgan fingerprint density at radius 2 is 0.481 bits per heavy atom. The van der Waals surface area contributed by atoms with Gasteiger partial charge in [-0.2, -0.15) is 0 Å². The molecule has 1 radical (unpaired) electrons. The summed E-state index contributed by atoms with van der Waals surface area (Å²) in [4.78, 5) is 10.2. The van der Waals surface area contributed by atoms with Crippen molar-refractivity contribution in [2.75, 3.05) is 0 Å². The Labute approximate surface area is 793 Å². The zero-order valence-electron chi connectivity index (χ0n) is 75.1. The van der Waals surface area contributed by atoms with Crippen LogP contribution in [0.15, 0.2) is 471 Å². The average Bonchev–Trinajstić information content (AvgIpc) is 1.60. The molecule has 6 heterocycles. The highest BCUT2D eigenvalue weighted by atomic mass is 79.9. The Balaban J connectivity index is 0.000000130. The van der Waals surface area contributed by atoms with Gasteiger partial charge in [0.25, 0.3) is 0 Å². The summed E-state index contributed by atoms with van der Waals surface area (Å²) >= 11 is 3.58. The van der Waals surface area contributed by atoms with Crippen LogP contribution >= 0.6 is 15.9 Å². The molecule has 0 aliphatic heterocycles. The van der Waals surface area contributed by atoms with Crippen LogP contribution in [0.1, 0.15) is 27.7 Å². The molecule has 24 rings (SSSR count). The lowest BCUT2D eigenvalue weighted by molar-refractivity contribution is -0.0893. The number of para-hydroxylation sites is 4. The van der Waals surface area contributed by atoms with Crippen molar-refractivity contribution in [1.82, 2.24) is 9.97 Å². The van der Waals surface area contributed by atoms with E-state index >= 15 is 0 Å². The van der Waals surface area contributed by atoms with E-state index in [1.165, 1.54) is 66.8 Å². The van der Waals surface area contributed by atoms with Crippen LogP contribution in [0.5, 0.6) is 0 Å². The summed E-state index contributed by atoms with van der Waals surface area (Å²) < 4.78 is 32.9. The summed E-state index contributed by atoms with van der Waals surface area (Å²) in [5, 5.41) is 14.7. The van der Waals surface area contributed by atoms with E-state index in [4.69, 9.17) is 32.3 Å². The second kappa shape index (κ2) is 36.6. The van der Waals surface area contributed by atoms with Crippen LogP contribution in [0.2, 0.25) is 0 Å². The lowest BCUT2D eigenvalue weighted by Gasteiger charge is -2.37. The molecule has 0 atom stereocenters. The maximum atomic E-state index is 10.7. The molecule has 0 spiro atoms. The van der Waals surface area contributed by atoms with Gasteiger partial charge in [-0.1, -0.05) is 385 Å². The minimum Gasteiger partial charge on any atom is -0.454 e. The molecule has 0 fully saturated rings. The van der Waals surface area contributed by atoms with Crippen LogP contribution in [-0.2, 0) is 4.65 Å². The first kappa shape index (κ1) is 85.7. The summed E-state index contributed by atoms with van der Waals surface area (Å²) in [5.41, 5.74) is 38.1. The first-order chi connectivity index (χ1) is 65.8. The quantitative estimate of drug-likeness (QED) is 0.0710. The van der Waals surface area contributed by atoms with Gasteiger partial charge in [0.2, 0.25) is 0 Å². The normalized spacial score (nSPS) is 11.6. The van der Waals surface area contributed by atoms with Gasteiger partial charge in [0.1, 0.15) is 44.4 Å². The molecule has 0 amide bonds. The van der Waals surface area contributed by atoms with E-state index in [0.717, 1.165) is 176 Å². The first-order valence-corrected chi connectivity index (χ1v) is 46.0. The predicted octanol–water partition coefficient (Wildman–Crippen LogP) is 34.1. The van der Waals surface area contributed by atoms with Gasteiger partial charge in [0.15, 0.2) is 22.3 Å². The van der Waals surface area contributed by atoms with E-state index in [2.05, 4.69) is 362 Å². The summed E-state index contributed by atoms with van der Waals surface area (Å²) in [7, 11) is 1.76. The van der Waals surface area contributed by atoms with Crippen LogP contribution in [-0.4, -0.2) is 33.8 Å². The molecule has 0 aliphatic rings. The Bertz CT molecular complexity index is 8310. The maximum absolute atomic E-state index is 10.7. The number of hydrogen-bond acceptors (Lipinski definition) is 8. The summed E-state index contributed by atoms with van der Waals surface area (Å²) in [6.45, 7) is 7.35. The number of aromatic nitrogens is 2. The van der Waals surface area contributed by atoms with Crippen molar-refractivity contribution in [3.05, 3.63) is 461 Å². The van der Waals surface area contributed by atoms with Crippen LogP contribution < -0.4 is 5.46 Å². The molecule has 1 N–H and O–H groups in total. The molecule has 135 heavy (non-hydrogen) atoms. The molecule has 647 valence electrons. The molecular weight excluding hydrogens is 1720 g/mol. The number of pyridine rings is 2. The maximum Gasteiger partial charge on any atom is 0.330 e. The highest BCUT2D eigenvalue weighted by Crippen LogP contribution is 2.54. The monoisotopic (exact) mass is 1800 g/mol. The number of halogens is 1. The standard InChI is InChI=1S/C59H37NO2.C42H38BO2.C23H12BrNO2.CH3/c1-5-19-38(20-6-1)48-37-49(53(40-23-9-3-10-24-40)54(41-25-11-4-12-26-41)52(48)39-21-7-2-8-22-39)44-29-17-27-42(35-44)43-28-18-30-45(36-43)55-58-56(46-31-13-15-33-50(46)61-58)60-57-47-32-14-16-34-51(47)62-59(55)57;1-41(2,44)42(3,4)45-43-35-27-17-26-34(28-35)37-29-36(30-18-9-5-10-19-30)38(31-20-11-6-12-21-31)40(33-24-15-8-16-25-33)39(37)32-22-13-7-14-23-32;24-14-7-5-6-13(12-14)19-22-20(15-8-1-3-10-17(15)26-22)25-21-16-9-2-4-11-18(16)27-23(19)21;/h1-37H;5-29,44H,1-4H3;1-12H;1H3/q;;;-1. The van der Waals surface area contributed by atoms with Crippen LogP contribution in [0, 0.1) is 7.43 Å². The molecule has 10 heteroatoms. The van der Waals surface area contributed by atoms with E-state index < -0.39 is 11.2 Å². The summed E-state index contributed by atoms with van der Waals surface area (Å²) in [5.74, 6) is 0. The fourth-order valence-electron chi connectivity index (χ4n) is 18.6. The van der Waals surface area contributed by atoms with Crippen molar-refractivity contribution >= 4 is 117 Å². The van der Waals surface area contributed by atoms with Crippen molar-refractivity contribution in [3.63, 3.8) is 0 Å². The van der Waals surface area contributed by atoms with Crippen LogP contribution in [0.3, 0.4) is 0 Å². The summed E-state index contributed by atoms with van der Waals surface area (Å²) in [6, 6.07) is 158. The van der Waals surface area contributed by atoms with E-state index in [1.807, 2.05) is 117 Å². The van der Waals surface area contributed by atoms with Crippen LogP contribution in [0.25, 0.3) is 233 Å². The van der Waals surface area contributed by atoms with Gasteiger partial charge < -0.3 is 34.9 Å². The zero-order valence-corrected chi connectivity index (χ0v) is 76.6. The first-order valence-electron chi connectivity index (χ1n) is 45.2. The van der Waals surface area contributed by atoms with Crippen molar-refractivity contribution in [2.24, 2.45) is 0 Å². The van der Waals surface area contributed by atoms with E-state index in [0.29, 0.717) is 0 Å². The highest BCUT2D eigenvalue weighted by molar-refractivity contribution is 9.10. The topological polar surface area (TPSA) is 108 Å². The highest BCUT2D eigenvalue weighted by Gasteiger charge is 2.36. The number of hydrogen-bond donors (Lipinski definition) is 1. The minimum absolute atomic E-state index is 0. The predicted molar refractivity (Wildman–Crippen MR) is 566 cm³/mol. The van der Waals surface area contributed by atoms with Crippen LogP contribution in [0.4, 0.5) is 0 Å². The number of aliphatic hydroxyl groups is 1. The third-order valence-electron chi connectivity index (χ3n) is 25.8. The van der Waals surface area contributed by atoms with Gasteiger partial charge >= 0.3 is 7.48 Å². The fourth-order valence-corrected chi connectivity index (χ4v) is 19.0. The minimum atomic E-state index is -1.01. The summed E-state index contributed by atoms with van der Waals surface area (Å²) in [6.07, 6.45) is 0. The van der Waals surface area contributed by atoms with Gasteiger partial charge in [0, 0.05) is 26.0 Å². The molecule has 0 aliphatic carbocycles. The lowest BCUT2D eigenvalue weighted by Crippen LogP contribution is -2.49. The Morgan fingerprint density at radius 1 is 0.237 bits per heavy atom. The molecule has 18 aromatic carbocycles. The van der Waals surface area contributed by atoms with E-state index in [-0.39, 0.29) is 7.43 Å². The largest absolute Gasteiger partial charge is 0.454 e. The second-order valence-corrected chi connectivity index (χ2v) is 35.7. The van der Waals surface area contributed by atoms with Crippen molar-refractivity contribution < 1.29 is 27.4 Å². The van der Waals surface area contributed by atoms with Gasteiger partial charge in [-0.25, -0.2) is 9.97 Å². The Kier molecular flexibility index (Phi) is 23.2. The Morgan fingerprint density at radius 3 is 0.807 bits per heavy atom. The molecule has 0 unspecified atom stereocenters. The number of fused-ring (bicyclic) bond motifs is 12.